The third-order valence-electron chi connectivity index (χ3n) is 2.51. The predicted molar refractivity (Wildman–Crippen MR) is 74.6 cm³/mol. The molecule has 0 amide bonds. The Morgan fingerprint density at radius 3 is 2.48 bits per heavy atom. The second-order valence-corrected chi connectivity index (χ2v) is 4.46. The summed E-state index contributed by atoms with van der Waals surface area (Å²) in [5.41, 5.74) is -0.777. The smallest absolute Gasteiger partial charge is 0.416 e. The fraction of sp³-hybridized carbons (Fsp3) is 0.643. The Kier molecular flexibility index (Phi) is 7.28. The molecule has 0 saturated heterocycles. The van der Waals surface area contributed by atoms with E-state index in [-0.39, 0.29) is 18.3 Å². The Bertz CT molecular complexity index is 425. The summed E-state index contributed by atoms with van der Waals surface area (Å²) in [4.78, 5) is 4.01. The lowest BCUT2D eigenvalue weighted by Crippen LogP contribution is -2.12. The van der Waals surface area contributed by atoms with Gasteiger partial charge in [0.2, 0.25) is 5.88 Å². The van der Waals surface area contributed by atoms with Gasteiger partial charge in [-0.2, -0.15) is 18.2 Å². The van der Waals surface area contributed by atoms with E-state index in [1.54, 1.807) is 0 Å². The Morgan fingerprint density at radius 2 is 1.86 bits per heavy atom. The van der Waals surface area contributed by atoms with Crippen LogP contribution in [0.25, 0.3) is 0 Å². The van der Waals surface area contributed by atoms with Gasteiger partial charge in [-0.15, -0.1) is 0 Å². The summed E-state index contributed by atoms with van der Waals surface area (Å²) < 4.78 is 48.9. The van der Waals surface area contributed by atoms with E-state index >= 15 is 0 Å². The highest BCUT2D eigenvalue weighted by atomic mass is 19.4. The summed E-state index contributed by atoms with van der Waals surface area (Å²) in [5, 5.41) is 2.84. The van der Waals surface area contributed by atoms with Crippen molar-refractivity contribution in [1.82, 2.24) is 4.98 Å². The molecule has 0 radical (unpaired) electrons. The van der Waals surface area contributed by atoms with Crippen LogP contribution in [0.4, 0.5) is 19.0 Å². The molecular formula is C14H21F3N2O2. The van der Waals surface area contributed by atoms with Crippen LogP contribution in [-0.4, -0.2) is 31.3 Å². The number of hydrogen-bond donors (Lipinski definition) is 1. The van der Waals surface area contributed by atoms with Crippen LogP contribution in [0.1, 0.15) is 32.3 Å². The molecule has 0 atom stereocenters. The summed E-state index contributed by atoms with van der Waals surface area (Å²) in [6.07, 6.45) is -2.76. The predicted octanol–water partition coefficient (Wildman–Crippen LogP) is 3.73. The molecule has 0 spiro atoms. The number of pyridine rings is 1. The van der Waals surface area contributed by atoms with Crippen molar-refractivity contribution in [2.24, 2.45) is 0 Å². The maximum atomic E-state index is 12.8. The molecule has 0 unspecified atom stereocenters. The zero-order valence-corrected chi connectivity index (χ0v) is 12.3. The van der Waals surface area contributed by atoms with Crippen molar-refractivity contribution in [2.45, 2.75) is 32.9 Å². The summed E-state index contributed by atoms with van der Waals surface area (Å²) in [6.45, 7) is 5.53. The highest BCUT2D eigenvalue weighted by Gasteiger charge is 2.32. The fourth-order valence-electron chi connectivity index (χ4n) is 1.54. The number of nitrogens with one attached hydrogen (secondary N) is 1. The lowest BCUT2D eigenvalue weighted by Gasteiger charge is -2.13. The van der Waals surface area contributed by atoms with E-state index in [4.69, 9.17) is 9.47 Å². The Balaban J connectivity index is 2.72. The van der Waals surface area contributed by atoms with E-state index < -0.39 is 11.7 Å². The van der Waals surface area contributed by atoms with Gasteiger partial charge >= 0.3 is 6.18 Å². The normalized spacial score (nSPS) is 11.5. The van der Waals surface area contributed by atoms with Crippen LogP contribution >= 0.6 is 0 Å². The first-order valence-corrected chi connectivity index (χ1v) is 7.01. The summed E-state index contributed by atoms with van der Waals surface area (Å²) >= 11 is 0. The number of alkyl halides is 3. The third-order valence-corrected chi connectivity index (χ3v) is 2.51. The van der Waals surface area contributed by atoms with Crippen LogP contribution in [0.15, 0.2) is 12.1 Å². The van der Waals surface area contributed by atoms with Crippen LogP contribution in [0.5, 0.6) is 5.88 Å². The molecule has 0 bridgehead atoms. The summed E-state index contributed by atoms with van der Waals surface area (Å²) in [7, 11) is 0. The highest BCUT2D eigenvalue weighted by Crippen LogP contribution is 2.32. The van der Waals surface area contributed by atoms with Gasteiger partial charge < -0.3 is 14.8 Å². The van der Waals surface area contributed by atoms with Crippen molar-refractivity contribution in [3.8, 4) is 5.88 Å². The van der Waals surface area contributed by atoms with Crippen molar-refractivity contribution < 1.29 is 22.6 Å². The topological polar surface area (TPSA) is 43.4 Å². The number of nitrogens with zero attached hydrogens (tertiary/aromatic N) is 1. The largest absolute Gasteiger partial charge is 0.475 e. The molecule has 0 fully saturated rings. The Labute approximate surface area is 122 Å². The first kappa shape index (κ1) is 17.6. The standard InChI is InChI=1S/C14H21F3N2O2/c1-3-5-18-12-9-11(14(15,16)17)10-13(19-12)21-8-7-20-6-4-2/h9-10H,3-8H2,1-2H3,(H,18,19). The molecule has 7 heteroatoms. The highest BCUT2D eigenvalue weighted by molar-refractivity contribution is 5.42. The zero-order valence-electron chi connectivity index (χ0n) is 12.3. The number of rotatable bonds is 9. The average molecular weight is 306 g/mol. The van der Waals surface area contributed by atoms with Crippen molar-refractivity contribution in [3.05, 3.63) is 17.7 Å². The van der Waals surface area contributed by atoms with E-state index in [0.717, 1.165) is 25.0 Å². The zero-order chi connectivity index (χ0) is 15.7. The number of halogens is 3. The molecule has 1 aromatic heterocycles. The monoisotopic (exact) mass is 306 g/mol. The Hall–Kier alpha value is -1.50. The molecule has 1 heterocycles. The molecule has 0 aromatic carbocycles. The minimum absolute atomic E-state index is 0.0523. The molecule has 21 heavy (non-hydrogen) atoms. The maximum Gasteiger partial charge on any atom is 0.416 e. The van der Waals surface area contributed by atoms with Gasteiger partial charge in [0.05, 0.1) is 12.2 Å². The summed E-state index contributed by atoms with van der Waals surface area (Å²) in [5.74, 6) is 0.111. The molecular weight excluding hydrogens is 285 g/mol. The van der Waals surface area contributed by atoms with Gasteiger partial charge in [-0.25, -0.2) is 0 Å². The van der Waals surface area contributed by atoms with Crippen LogP contribution in [0.3, 0.4) is 0 Å². The van der Waals surface area contributed by atoms with E-state index in [2.05, 4.69) is 10.3 Å². The maximum absolute atomic E-state index is 12.8. The molecule has 120 valence electrons. The minimum Gasteiger partial charge on any atom is -0.475 e. The lowest BCUT2D eigenvalue weighted by molar-refractivity contribution is -0.137. The van der Waals surface area contributed by atoms with Gasteiger partial charge in [0.15, 0.2) is 0 Å². The van der Waals surface area contributed by atoms with Crippen LogP contribution in [0.2, 0.25) is 0 Å². The second kappa shape index (κ2) is 8.71. The van der Waals surface area contributed by atoms with Crippen LogP contribution < -0.4 is 10.1 Å². The van der Waals surface area contributed by atoms with Gasteiger partial charge in [-0.3, -0.25) is 0 Å². The third kappa shape index (κ3) is 6.66. The number of anilines is 1. The Morgan fingerprint density at radius 1 is 1.10 bits per heavy atom. The molecule has 0 saturated carbocycles. The molecule has 0 aliphatic rings. The van der Waals surface area contributed by atoms with Gasteiger partial charge in [0, 0.05) is 19.2 Å². The van der Waals surface area contributed by atoms with E-state index in [1.165, 1.54) is 0 Å². The number of ether oxygens (including phenoxy) is 2. The van der Waals surface area contributed by atoms with Gasteiger partial charge in [-0.1, -0.05) is 13.8 Å². The van der Waals surface area contributed by atoms with Gasteiger partial charge in [-0.05, 0) is 18.9 Å². The summed E-state index contributed by atoms with van der Waals surface area (Å²) in [6, 6.07) is 1.88. The van der Waals surface area contributed by atoms with Crippen molar-refractivity contribution in [1.29, 1.82) is 0 Å². The van der Waals surface area contributed by atoms with Crippen molar-refractivity contribution >= 4 is 5.82 Å². The SMILES string of the molecule is CCCNc1cc(C(F)(F)F)cc(OCCOCCC)n1. The van der Waals surface area contributed by atoms with Crippen molar-refractivity contribution in [2.75, 3.05) is 31.7 Å². The fourth-order valence-corrected chi connectivity index (χ4v) is 1.54. The molecule has 1 N–H and O–H groups in total. The molecule has 4 nitrogen and oxygen atoms in total. The first-order valence-electron chi connectivity index (χ1n) is 7.01. The van der Waals surface area contributed by atoms with Crippen LogP contribution in [0, 0.1) is 0 Å². The average Bonchev–Trinajstić information content (AvgIpc) is 2.44. The van der Waals surface area contributed by atoms with E-state index in [0.29, 0.717) is 19.8 Å². The molecule has 1 rings (SSSR count). The second-order valence-electron chi connectivity index (χ2n) is 4.46. The lowest BCUT2D eigenvalue weighted by atomic mass is 10.2. The van der Waals surface area contributed by atoms with E-state index in [9.17, 15) is 13.2 Å². The van der Waals surface area contributed by atoms with Crippen molar-refractivity contribution in [3.63, 3.8) is 0 Å². The number of aromatic nitrogens is 1. The minimum atomic E-state index is -4.43. The molecule has 1 aromatic rings. The molecule has 0 aliphatic heterocycles. The van der Waals surface area contributed by atoms with Gasteiger partial charge in [0.25, 0.3) is 0 Å². The molecule has 0 aliphatic carbocycles. The number of hydrogen-bond acceptors (Lipinski definition) is 4. The quantitative estimate of drug-likeness (QED) is 0.706. The van der Waals surface area contributed by atoms with Gasteiger partial charge in [0.1, 0.15) is 12.4 Å². The van der Waals surface area contributed by atoms with Crippen LogP contribution in [-0.2, 0) is 10.9 Å². The van der Waals surface area contributed by atoms with E-state index in [1.807, 2.05) is 13.8 Å². The first-order chi connectivity index (χ1) is 9.97.